The molecule has 0 spiro atoms. The van der Waals surface area contributed by atoms with Crippen molar-refractivity contribution in [2.75, 3.05) is 6.26 Å². The van der Waals surface area contributed by atoms with Gasteiger partial charge in [-0.2, -0.15) is 0 Å². The molecule has 0 amide bonds. The molecule has 0 radical (unpaired) electrons. The molecule has 0 saturated heterocycles. The Morgan fingerprint density at radius 2 is 1.79 bits per heavy atom. The van der Waals surface area contributed by atoms with Gasteiger partial charge in [0.2, 0.25) is 11.6 Å². The summed E-state index contributed by atoms with van der Waals surface area (Å²) < 4.78 is 34.7. The zero-order valence-corrected chi connectivity index (χ0v) is 16.7. The SMILES string of the molecule is CC1(C)OC(=O)C(Oc2ccc(C3CC3)cn2)=C1c1ccc(S(C)(=O)=O)cc1. The van der Waals surface area contributed by atoms with Crippen molar-refractivity contribution in [3.8, 4) is 5.88 Å². The molecule has 1 aromatic carbocycles. The van der Waals surface area contributed by atoms with Gasteiger partial charge in [0.1, 0.15) is 5.60 Å². The number of benzene rings is 1. The van der Waals surface area contributed by atoms with E-state index in [1.807, 2.05) is 6.07 Å². The molecule has 1 saturated carbocycles. The second kappa shape index (κ2) is 6.44. The maximum Gasteiger partial charge on any atom is 0.375 e. The number of esters is 1. The first kappa shape index (κ1) is 18.7. The lowest BCUT2D eigenvalue weighted by molar-refractivity contribution is -0.145. The van der Waals surface area contributed by atoms with E-state index in [-0.39, 0.29) is 10.7 Å². The minimum absolute atomic E-state index is 0.0729. The van der Waals surface area contributed by atoms with Gasteiger partial charge in [-0.25, -0.2) is 18.2 Å². The maximum absolute atomic E-state index is 12.5. The highest BCUT2D eigenvalue weighted by Gasteiger charge is 2.43. The van der Waals surface area contributed by atoms with Crippen LogP contribution in [-0.4, -0.2) is 31.2 Å². The molecule has 4 rings (SSSR count). The lowest BCUT2D eigenvalue weighted by atomic mass is 9.92. The monoisotopic (exact) mass is 399 g/mol. The van der Waals surface area contributed by atoms with Crippen molar-refractivity contribution in [1.29, 1.82) is 0 Å². The van der Waals surface area contributed by atoms with Crippen LogP contribution in [0, 0.1) is 0 Å². The molecule has 2 heterocycles. The van der Waals surface area contributed by atoms with Gasteiger partial charge in [-0.05, 0) is 55.9 Å². The summed E-state index contributed by atoms with van der Waals surface area (Å²) in [5.41, 5.74) is 1.48. The molecule has 1 aliphatic heterocycles. The Morgan fingerprint density at radius 3 is 2.32 bits per heavy atom. The van der Waals surface area contributed by atoms with Crippen LogP contribution in [0.1, 0.15) is 43.7 Å². The van der Waals surface area contributed by atoms with E-state index in [2.05, 4.69) is 4.98 Å². The van der Waals surface area contributed by atoms with Crippen LogP contribution in [-0.2, 0) is 19.4 Å². The predicted octanol–water partition coefficient (Wildman–Crippen LogP) is 3.49. The predicted molar refractivity (Wildman–Crippen MR) is 103 cm³/mol. The molecule has 1 aromatic heterocycles. The number of pyridine rings is 1. The van der Waals surface area contributed by atoms with E-state index in [1.165, 1.54) is 30.5 Å². The van der Waals surface area contributed by atoms with E-state index < -0.39 is 21.4 Å². The van der Waals surface area contributed by atoms with E-state index in [0.29, 0.717) is 22.9 Å². The van der Waals surface area contributed by atoms with Gasteiger partial charge in [-0.15, -0.1) is 0 Å². The summed E-state index contributed by atoms with van der Waals surface area (Å²) in [6.45, 7) is 3.54. The molecule has 6 nitrogen and oxygen atoms in total. The number of hydrogen-bond donors (Lipinski definition) is 0. The number of ether oxygens (including phenoxy) is 2. The largest absolute Gasteiger partial charge is 0.449 e. The van der Waals surface area contributed by atoms with Gasteiger partial charge in [0.25, 0.3) is 0 Å². The molecule has 28 heavy (non-hydrogen) atoms. The average molecular weight is 399 g/mol. The van der Waals surface area contributed by atoms with Crippen LogP contribution in [0.3, 0.4) is 0 Å². The third kappa shape index (κ3) is 3.54. The Hall–Kier alpha value is -2.67. The Balaban J connectivity index is 1.71. The molecule has 1 aliphatic carbocycles. The molecule has 2 aromatic rings. The first-order valence-corrected chi connectivity index (χ1v) is 11.0. The summed E-state index contributed by atoms with van der Waals surface area (Å²) in [7, 11) is -3.31. The molecule has 0 bridgehead atoms. The lowest BCUT2D eigenvalue weighted by Gasteiger charge is -2.21. The van der Waals surface area contributed by atoms with Crippen LogP contribution in [0.5, 0.6) is 5.88 Å². The molecule has 0 atom stereocenters. The molecular weight excluding hydrogens is 378 g/mol. The fourth-order valence-electron chi connectivity index (χ4n) is 3.36. The van der Waals surface area contributed by atoms with E-state index >= 15 is 0 Å². The quantitative estimate of drug-likeness (QED) is 0.716. The van der Waals surface area contributed by atoms with Crippen molar-refractivity contribution in [3.05, 3.63) is 59.5 Å². The number of aromatic nitrogens is 1. The standard InChI is InChI=1S/C21H21NO5S/c1-21(2)18(14-6-9-16(10-7-14)28(3,24)25)19(20(23)27-21)26-17-11-8-15(12-22-17)13-4-5-13/h6-13H,4-5H2,1-3H3. The van der Waals surface area contributed by atoms with Crippen molar-refractivity contribution < 1.29 is 22.7 Å². The second-order valence-electron chi connectivity index (χ2n) is 7.71. The number of sulfone groups is 1. The molecule has 7 heteroatoms. The fourth-order valence-corrected chi connectivity index (χ4v) is 3.99. The molecule has 2 aliphatic rings. The van der Waals surface area contributed by atoms with Crippen molar-refractivity contribution in [2.45, 2.75) is 43.1 Å². The van der Waals surface area contributed by atoms with Crippen LogP contribution in [0.2, 0.25) is 0 Å². The highest BCUT2D eigenvalue weighted by atomic mass is 32.2. The number of carbonyl (C=O) groups excluding carboxylic acids is 1. The second-order valence-corrected chi connectivity index (χ2v) is 9.72. The van der Waals surface area contributed by atoms with Gasteiger partial charge < -0.3 is 9.47 Å². The van der Waals surface area contributed by atoms with Crippen molar-refractivity contribution >= 4 is 21.4 Å². The summed E-state index contributed by atoms with van der Waals surface area (Å²) in [4.78, 5) is 17.0. The molecule has 1 fully saturated rings. The highest BCUT2D eigenvalue weighted by molar-refractivity contribution is 7.90. The van der Waals surface area contributed by atoms with E-state index in [1.54, 1.807) is 38.2 Å². The van der Waals surface area contributed by atoms with E-state index in [4.69, 9.17) is 9.47 Å². The number of hydrogen-bond acceptors (Lipinski definition) is 6. The Morgan fingerprint density at radius 1 is 1.11 bits per heavy atom. The highest BCUT2D eigenvalue weighted by Crippen LogP contribution is 2.42. The summed E-state index contributed by atoms with van der Waals surface area (Å²) in [6, 6.07) is 10.1. The third-order valence-electron chi connectivity index (χ3n) is 4.95. The van der Waals surface area contributed by atoms with Crippen LogP contribution in [0.4, 0.5) is 0 Å². The van der Waals surface area contributed by atoms with Gasteiger partial charge in [0.05, 0.1) is 10.5 Å². The Labute approximate surface area is 164 Å². The summed E-state index contributed by atoms with van der Waals surface area (Å²) in [5, 5.41) is 0. The number of rotatable bonds is 5. The van der Waals surface area contributed by atoms with Crippen molar-refractivity contribution in [1.82, 2.24) is 4.98 Å². The fraction of sp³-hybridized carbons (Fsp3) is 0.333. The van der Waals surface area contributed by atoms with Gasteiger partial charge in [-0.3, -0.25) is 0 Å². The molecule has 0 N–H and O–H groups in total. The average Bonchev–Trinajstić information content (AvgIpc) is 3.42. The Kier molecular flexibility index (Phi) is 4.30. The summed E-state index contributed by atoms with van der Waals surface area (Å²) in [6.07, 6.45) is 5.29. The number of nitrogens with zero attached hydrogens (tertiary/aromatic N) is 1. The van der Waals surface area contributed by atoms with E-state index in [0.717, 1.165) is 6.26 Å². The van der Waals surface area contributed by atoms with Gasteiger partial charge in [0, 0.05) is 18.5 Å². The van der Waals surface area contributed by atoms with Crippen molar-refractivity contribution in [2.24, 2.45) is 0 Å². The number of carbonyl (C=O) groups is 1. The zero-order chi connectivity index (χ0) is 20.1. The van der Waals surface area contributed by atoms with Gasteiger partial charge in [-0.1, -0.05) is 18.2 Å². The smallest absolute Gasteiger partial charge is 0.375 e. The Bertz CT molecular complexity index is 1060. The van der Waals surface area contributed by atoms with Crippen molar-refractivity contribution in [3.63, 3.8) is 0 Å². The van der Waals surface area contributed by atoms with Crippen LogP contribution in [0.25, 0.3) is 5.57 Å². The minimum Gasteiger partial charge on any atom is -0.449 e. The summed E-state index contributed by atoms with van der Waals surface area (Å²) in [5.74, 6) is 0.406. The lowest BCUT2D eigenvalue weighted by Crippen LogP contribution is -2.22. The first-order chi connectivity index (χ1) is 13.1. The topological polar surface area (TPSA) is 82.6 Å². The minimum atomic E-state index is -3.31. The van der Waals surface area contributed by atoms with Gasteiger partial charge >= 0.3 is 5.97 Å². The number of cyclic esters (lactones) is 1. The first-order valence-electron chi connectivity index (χ1n) is 9.07. The molecular formula is C21H21NO5S. The molecule has 146 valence electrons. The maximum atomic E-state index is 12.5. The third-order valence-corrected chi connectivity index (χ3v) is 6.08. The van der Waals surface area contributed by atoms with Gasteiger partial charge in [0.15, 0.2) is 9.84 Å². The van der Waals surface area contributed by atoms with Crippen LogP contribution < -0.4 is 4.74 Å². The zero-order valence-electron chi connectivity index (χ0n) is 15.9. The molecule has 0 unspecified atom stereocenters. The summed E-state index contributed by atoms with van der Waals surface area (Å²) >= 11 is 0. The van der Waals surface area contributed by atoms with E-state index in [9.17, 15) is 13.2 Å². The van der Waals surface area contributed by atoms with Crippen LogP contribution in [0.15, 0.2) is 53.2 Å². The normalized spacial score (nSPS) is 18.9. The van der Waals surface area contributed by atoms with Crippen LogP contribution >= 0.6 is 0 Å².